The van der Waals surface area contributed by atoms with Crippen LogP contribution in [-0.2, 0) is 9.53 Å². The van der Waals surface area contributed by atoms with Crippen LogP contribution >= 0.6 is 0 Å². The van der Waals surface area contributed by atoms with Gasteiger partial charge in [0, 0.05) is 18.2 Å². The molecule has 130 valence electrons. The second kappa shape index (κ2) is 6.31. The van der Waals surface area contributed by atoms with Gasteiger partial charge in [-0.15, -0.1) is 10.2 Å². The first-order chi connectivity index (χ1) is 12.2. The smallest absolute Gasteiger partial charge is 0.330 e. The van der Waals surface area contributed by atoms with Crippen molar-refractivity contribution in [2.45, 2.75) is 39.0 Å². The Hall–Kier alpha value is -2.70. The predicted molar refractivity (Wildman–Crippen MR) is 93.1 cm³/mol. The van der Waals surface area contributed by atoms with Crippen molar-refractivity contribution in [2.24, 2.45) is 5.92 Å². The van der Waals surface area contributed by atoms with Crippen LogP contribution in [0.3, 0.4) is 0 Å². The number of ether oxygens (including phenoxy) is 1. The Morgan fingerprint density at radius 3 is 3.08 bits per heavy atom. The lowest BCUT2D eigenvalue weighted by atomic mass is 9.93. The van der Waals surface area contributed by atoms with Crippen LogP contribution in [0.15, 0.2) is 30.1 Å². The lowest BCUT2D eigenvalue weighted by Gasteiger charge is -2.15. The van der Waals surface area contributed by atoms with Crippen LogP contribution in [0.2, 0.25) is 0 Å². The Labute approximate surface area is 145 Å². The van der Waals surface area contributed by atoms with E-state index < -0.39 is 0 Å². The van der Waals surface area contributed by atoms with E-state index in [0.29, 0.717) is 12.5 Å². The van der Waals surface area contributed by atoms with E-state index in [1.54, 1.807) is 12.3 Å². The van der Waals surface area contributed by atoms with Crippen molar-refractivity contribution < 1.29 is 9.53 Å². The van der Waals surface area contributed by atoms with Gasteiger partial charge in [-0.05, 0) is 31.7 Å². The van der Waals surface area contributed by atoms with Crippen LogP contribution in [0.5, 0.6) is 0 Å². The lowest BCUT2D eigenvalue weighted by Crippen LogP contribution is -2.09. The Morgan fingerprint density at radius 1 is 1.40 bits per heavy atom. The van der Waals surface area contributed by atoms with Crippen LogP contribution in [-0.4, -0.2) is 37.1 Å². The number of rotatable bonds is 4. The van der Waals surface area contributed by atoms with Crippen molar-refractivity contribution in [3.05, 3.63) is 35.9 Å². The van der Waals surface area contributed by atoms with E-state index in [1.165, 1.54) is 0 Å². The number of carbonyl (C=O) groups is 1. The zero-order valence-electron chi connectivity index (χ0n) is 14.4. The van der Waals surface area contributed by atoms with E-state index in [0.717, 1.165) is 47.5 Å². The summed E-state index contributed by atoms with van der Waals surface area (Å²) >= 11 is 0. The molecule has 1 aliphatic carbocycles. The Kier molecular flexibility index (Phi) is 3.99. The van der Waals surface area contributed by atoms with Gasteiger partial charge >= 0.3 is 5.97 Å². The molecule has 0 spiro atoms. The lowest BCUT2D eigenvalue weighted by molar-refractivity contribution is -0.137. The summed E-state index contributed by atoms with van der Waals surface area (Å²) in [6.45, 7) is 4.40. The molecule has 3 heterocycles. The third-order valence-electron chi connectivity index (χ3n) is 5.01. The molecule has 0 aromatic carbocycles. The number of allylic oxidation sites excluding steroid dienone is 1. The van der Waals surface area contributed by atoms with Gasteiger partial charge in [0.2, 0.25) is 0 Å². The van der Waals surface area contributed by atoms with Gasteiger partial charge in [-0.25, -0.2) is 9.78 Å². The van der Waals surface area contributed by atoms with Crippen molar-refractivity contribution in [1.82, 2.24) is 24.6 Å². The number of hydrogen-bond acceptors (Lipinski definition) is 5. The van der Waals surface area contributed by atoms with Crippen LogP contribution < -0.4 is 0 Å². The van der Waals surface area contributed by atoms with Crippen molar-refractivity contribution in [3.8, 4) is 0 Å². The van der Waals surface area contributed by atoms with Gasteiger partial charge in [0.05, 0.1) is 18.3 Å². The fourth-order valence-electron chi connectivity index (χ4n) is 3.85. The summed E-state index contributed by atoms with van der Waals surface area (Å²) in [7, 11) is 0. The molecule has 2 atom stereocenters. The molecule has 3 aromatic rings. The van der Waals surface area contributed by atoms with Crippen LogP contribution in [0.4, 0.5) is 0 Å². The summed E-state index contributed by atoms with van der Waals surface area (Å²) in [5.74, 6) is 1.37. The quantitative estimate of drug-likeness (QED) is 0.583. The molecule has 1 saturated carbocycles. The first kappa shape index (κ1) is 15.8. The van der Waals surface area contributed by atoms with Gasteiger partial charge in [-0.1, -0.05) is 18.9 Å². The second-order valence-corrected chi connectivity index (χ2v) is 6.46. The van der Waals surface area contributed by atoms with Gasteiger partial charge < -0.3 is 9.72 Å². The maximum atomic E-state index is 11.8. The largest absolute Gasteiger partial charge is 0.463 e. The zero-order valence-corrected chi connectivity index (χ0v) is 14.4. The number of aromatic nitrogens is 5. The fraction of sp³-hybridized carbons (Fsp3) is 0.444. The first-order valence-electron chi connectivity index (χ1n) is 8.74. The number of esters is 1. The average molecular weight is 339 g/mol. The summed E-state index contributed by atoms with van der Waals surface area (Å²) < 4.78 is 7.14. The minimum absolute atomic E-state index is 0.237. The first-order valence-corrected chi connectivity index (χ1v) is 8.74. The van der Waals surface area contributed by atoms with Crippen molar-refractivity contribution in [2.75, 3.05) is 6.61 Å². The van der Waals surface area contributed by atoms with E-state index in [4.69, 9.17) is 4.74 Å². The van der Waals surface area contributed by atoms with Crippen LogP contribution in [0.25, 0.3) is 16.8 Å². The molecule has 0 aliphatic heterocycles. The zero-order chi connectivity index (χ0) is 17.4. The Balaban J connectivity index is 1.74. The number of nitrogens with zero attached hydrogens (tertiary/aromatic N) is 4. The minimum Gasteiger partial charge on any atom is -0.463 e. The molecule has 0 radical (unpaired) electrons. The number of nitrogens with one attached hydrogen (secondary N) is 1. The van der Waals surface area contributed by atoms with Gasteiger partial charge in [0.1, 0.15) is 5.82 Å². The molecule has 1 N–H and O–H groups in total. The normalized spacial score (nSPS) is 22.2. The van der Waals surface area contributed by atoms with Gasteiger partial charge in [0.15, 0.2) is 11.3 Å². The van der Waals surface area contributed by atoms with Crippen molar-refractivity contribution in [1.29, 1.82) is 0 Å². The molecule has 0 amide bonds. The van der Waals surface area contributed by atoms with Crippen LogP contribution in [0.1, 0.15) is 44.9 Å². The minimum atomic E-state index is -0.253. The maximum absolute atomic E-state index is 11.8. The number of H-pyrrole nitrogens is 1. The molecule has 7 nitrogen and oxygen atoms in total. The maximum Gasteiger partial charge on any atom is 0.330 e. The SMILES string of the molecule is CCOC(=O)/C=C1/CC(c2nnc3cnc4[nH]ccc4n23)[C@H](CC)C1. The van der Waals surface area contributed by atoms with E-state index in [9.17, 15) is 4.79 Å². The van der Waals surface area contributed by atoms with E-state index >= 15 is 0 Å². The molecule has 4 rings (SSSR count). The topological polar surface area (TPSA) is 85.2 Å². The average Bonchev–Trinajstić information content (AvgIpc) is 3.31. The summed E-state index contributed by atoms with van der Waals surface area (Å²) in [4.78, 5) is 19.3. The molecule has 0 bridgehead atoms. The standard InChI is InChI=1S/C18H21N5O2/c1-3-12-7-11(9-16(24)25-4-2)8-13(12)18-22-21-15-10-20-17-14(23(15)18)5-6-19-17/h5-6,9-10,12-13,19H,3-4,7-8H2,1-2H3/b11-9+/t12-,13?/m1/s1. The highest BCUT2D eigenvalue weighted by atomic mass is 16.5. The van der Waals surface area contributed by atoms with E-state index in [2.05, 4.69) is 31.5 Å². The third-order valence-corrected chi connectivity index (χ3v) is 5.01. The van der Waals surface area contributed by atoms with E-state index in [-0.39, 0.29) is 11.9 Å². The number of hydrogen-bond donors (Lipinski definition) is 1. The Bertz CT molecular complexity index is 955. The molecule has 1 unspecified atom stereocenters. The van der Waals surface area contributed by atoms with E-state index in [1.807, 2.05) is 19.2 Å². The highest BCUT2D eigenvalue weighted by Gasteiger charge is 2.34. The highest BCUT2D eigenvalue weighted by molar-refractivity contribution is 5.83. The number of carbonyl (C=O) groups excluding carboxylic acids is 1. The molecule has 0 saturated heterocycles. The molecule has 1 aliphatic rings. The van der Waals surface area contributed by atoms with Gasteiger partial charge in [-0.3, -0.25) is 4.40 Å². The third kappa shape index (κ3) is 2.69. The Morgan fingerprint density at radius 2 is 2.28 bits per heavy atom. The number of aromatic amines is 1. The summed E-state index contributed by atoms with van der Waals surface area (Å²) in [6, 6.07) is 1.99. The fourth-order valence-corrected chi connectivity index (χ4v) is 3.85. The second-order valence-electron chi connectivity index (χ2n) is 6.46. The summed E-state index contributed by atoms with van der Waals surface area (Å²) in [5, 5.41) is 8.77. The highest BCUT2D eigenvalue weighted by Crippen LogP contribution is 2.44. The molecule has 7 heteroatoms. The monoisotopic (exact) mass is 339 g/mol. The van der Waals surface area contributed by atoms with Crippen molar-refractivity contribution in [3.63, 3.8) is 0 Å². The van der Waals surface area contributed by atoms with Gasteiger partial charge in [-0.2, -0.15) is 0 Å². The molecular weight excluding hydrogens is 318 g/mol. The predicted octanol–water partition coefficient (Wildman–Crippen LogP) is 3.00. The van der Waals surface area contributed by atoms with Crippen LogP contribution in [0, 0.1) is 5.92 Å². The molecule has 3 aromatic heterocycles. The molecular formula is C18H21N5O2. The molecule has 1 fully saturated rings. The number of fused-ring (bicyclic) bond motifs is 3. The summed E-state index contributed by atoms with van der Waals surface area (Å²) in [6.07, 6.45) is 8.01. The molecule has 25 heavy (non-hydrogen) atoms. The van der Waals surface area contributed by atoms with Crippen molar-refractivity contribution >= 4 is 22.8 Å². The summed E-state index contributed by atoms with van der Waals surface area (Å²) in [5.41, 5.74) is 3.68. The van der Waals surface area contributed by atoms with Gasteiger partial charge in [0.25, 0.3) is 0 Å².